The van der Waals surface area contributed by atoms with E-state index in [-0.39, 0.29) is 0 Å². The summed E-state index contributed by atoms with van der Waals surface area (Å²) in [6, 6.07) is 0.342. The van der Waals surface area contributed by atoms with E-state index < -0.39 is 0 Å². The molecule has 0 fully saturated rings. The van der Waals surface area contributed by atoms with Crippen LogP contribution in [0.3, 0.4) is 0 Å². The fourth-order valence-corrected chi connectivity index (χ4v) is 2.37. The number of nitrogens with zero attached hydrogens (tertiary/aromatic N) is 1. The summed E-state index contributed by atoms with van der Waals surface area (Å²) in [7, 11) is 0. The highest BCUT2D eigenvalue weighted by Gasteiger charge is 2.11. The first kappa shape index (κ1) is 11.7. The highest BCUT2D eigenvalue weighted by molar-refractivity contribution is 7.11. The number of thiazole rings is 1. The molecular formula is C10H15ClN2S. The molecule has 1 atom stereocenters. The molecule has 1 rings (SSSR count). The van der Waals surface area contributed by atoms with Crippen molar-refractivity contribution in [1.29, 1.82) is 0 Å². The van der Waals surface area contributed by atoms with E-state index in [1.165, 1.54) is 10.4 Å². The van der Waals surface area contributed by atoms with E-state index in [1.54, 1.807) is 11.3 Å². The van der Waals surface area contributed by atoms with Gasteiger partial charge in [0.2, 0.25) is 0 Å². The van der Waals surface area contributed by atoms with Crippen molar-refractivity contribution in [3.63, 3.8) is 0 Å². The van der Waals surface area contributed by atoms with Gasteiger partial charge < -0.3 is 5.32 Å². The second-order valence-corrected chi connectivity index (χ2v) is 4.66. The summed E-state index contributed by atoms with van der Waals surface area (Å²) in [5.41, 5.74) is 2.66. The molecule has 0 aliphatic carbocycles. The van der Waals surface area contributed by atoms with Gasteiger partial charge in [-0.2, -0.15) is 0 Å². The smallest absolute Gasteiger partial charge is 0.0900 e. The summed E-state index contributed by atoms with van der Waals surface area (Å²) >= 11 is 7.19. The maximum absolute atomic E-state index is 5.44. The highest BCUT2D eigenvalue weighted by atomic mass is 35.5. The molecule has 1 unspecified atom stereocenters. The molecule has 78 valence electrons. The minimum atomic E-state index is 0.342. The third-order valence-electron chi connectivity index (χ3n) is 1.96. The Bertz CT molecular complexity index is 320. The van der Waals surface area contributed by atoms with Crippen molar-refractivity contribution < 1.29 is 0 Å². The second-order valence-electron chi connectivity index (χ2n) is 3.17. The fraction of sp³-hybridized carbons (Fsp3) is 0.500. The average Bonchev–Trinajstić information content (AvgIpc) is 2.45. The Morgan fingerprint density at radius 2 is 2.29 bits per heavy atom. The Balaban J connectivity index is 2.59. The monoisotopic (exact) mass is 230 g/mol. The van der Waals surface area contributed by atoms with E-state index in [0.717, 1.165) is 17.2 Å². The van der Waals surface area contributed by atoms with Crippen molar-refractivity contribution >= 4 is 22.9 Å². The van der Waals surface area contributed by atoms with E-state index in [1.807, 2.05) is 13.0 Å². The number of halogens is 1. The van der Waals surface area contributed by atoms with E-state index in [9.17, 15) is 0 Å². The predicted octanol–water partition coefficient (Wildman–Crippen LogP) is 3.16. The van der Waals surface area contributed by atoms with Gasteiger partial charge in [-0.15, -0.1) is 11.3 Å². The van der Waals surface area contributed by atoms with Gasteiger partial charge in [-0.3, -0.25) is 0 Å². The summed E-state index contributed by atoms with van der Waals surface area (Å²) in [6.45, 7) is 7.02. The lowest BCUT2D eigenvalue weighted by atomic mass is 10.2. The molecule has 0 saturated heterocycles. The summed E-state index contributed by atoms with van der Waals surface area (Å²) in [4.78, 5) is 5.71. The van der Waals surface area contributed by atoms with Crippen LogP contribution in [0, 0.1) is 13.8 Å². The molecule has 0 aromatic carbocycles. The van der Waals surface area contributed by atoms with Gasteiger partial charge in [-0.05, 0) is 20.8 Å². The Morgan fingerprint density at radius 1 is 1.57 bits per heavy atom. The lowest BCUT2D eigenvalue weighted by Crippen LogP contribution is -2.18. The number of hydrogen-bond acceptors (Lipinski definition) is 3. The fourth-order valence-electron chi connectivity index (χ4n) is 1.33. The highest BCUT2D eigenvalue weighted by Crippen LogP contribution is 2.23. The summed E-state index contributed by atoms with van der Waals surface area (Å²) < 4.78 is 0. The van der Waals surface area contributed by atoms with Crippen LogP contribution in [0.2, 0.25) is 0 Å². The number of rotatable bonds is 4. The predicted molar refractivity (Wildman–Crippen MR) is 63.0 cm³/mol. The number of aromatic nitrogens is 1. The zero-order valence-corrected chi connectivity index (χ0v) is 10.2. The van der Waals surface area contributed by atoms with Gasteiger partial charge in [0.1, 0.15) is 0 Å². The normalized spacial score (nSPS) is 13.7. The molecule has 14 heavy (non-hydrogen) atoms. The van der Waals surface area contributed by atoms with E-state index in [2.05, 4.69) is 24.1 Å². The zero-order chi connectivity index (χ0) is 10.6. The Morgan fingerprint density at radius 3 is 2.79 bits per heavy atom. The second kappa shape index (κ2) is 5.49. The molecule has 0 bridgehead atoms. The summed E-state index contributed by atoms with van der Waals surface area (Å²) in [5.74, 6) is 0. The topological polar surface area (TPSA) is 24.9 Å². The van der Waals surface area contributed by atoms with Crippen molar-refractivity contribution in [3.05, 3.63) is 27.2 Å². The molecule has 4 heteroatoms. The Kier molecular flexibility index (Phi) is 4.58. The van der Waals surface area contributed by atoms with Gasteiger partial charge in [-0.25, -0.2) is 4.98 Å². The summed E-state index contributed by atoms with van der Waals surface area (Å²) in [6.07, 6.45) is 1.89. The first-order chi connectivity index (χ1) is 6.65. The van der Waals surface area contributed by atoms with Gasteiger partial charge >= 0.3 is 0 Å². The summed E-state index contributed by atoms with van der Waals surface area (Å²) in [5, 5.41) is 4.48. The Hall–Kier alpha value is -0.380. The minimum Gasteiger partial charge on any atom is -0.306 e. The molecule has 0 saturated carbocycles. The zero-order valence-electron chi connectivity index (χ0n) is 8.67. The number of nitrogens with one attached hydrogen (secondary N) is 1. The van der Waals surface area contributed by atoms with Gasteiger partial charge in [0.15, 0.2) is 0 Å². The molecule has 1 aromatic heterocycles. The van der Waals surface area contributed by atoms with Gasteiger partial charge in [0.05, 0.1) is 10.7 Å². The molecule has 0 aliphatic rings. The van der Waals surface area contributed by atoms with E-state index >= 15 is 0 Å². The molecule has 0 spiro atoms. The molecular weight excluding hydrogens is 216 g/mol. The average molecular weight is 231 g/mol. The molecule has 1 heterocycles. The van der Waals surface area contributed by atoms with E-state index in [4.69, 9.17) is 11.6 Å². The SMILES string of the molecule is Cc1nc(C)c(C(C)NC/C=C/Cl)s1. The molecule has 0 aliphatic heterocycles. The van der Waals surface area contributed by atoms with Crippen LogP contribution in [-0.4, -0.2) is 11.5 Å². The number of hydrogen-bond donors (Lipinski definition) is 1. The van der Waals surface area contributed by atoms with Crippen LogP contribution >= 0.6 is 22.9 Å². The number of aryl methyl sites for hydroxylation is 2. The maximum atomic E-state index is 5.44. The van der Waals surface area contributed by atoms with Crippen LogP contribution in [0.1, 0.15) is 28.5 Å². The van der Waals surface area contributed by atoms with Crippen molar-refractivity contribution in [2.75, 3.05) is 6.54 Å². The standard InChI is InChI=1S/C10H15ClN2S/c1-7(12-6-4-5-11)10-8(2)13-9(3)14-10/h4-5,7,12H,6H2,1-3H3/b5-4+. The van der Waals surface area contributed by atoms with Crippen molar-refractivity contribution in [1.82, 2.24) is 10.3 Å². The quantitative estimate of drug-likeness (QED) is 0.860. The third kappa shape index (κ3) is 3.08. The first-order valence-electron chi connectivity index (χ1n) is 4.57. The van der Waals surface area contributed by atoms with Crippen LogP contribution < -0.4 is 5.32 Å². The van der Waals surface area contributed by atoms with E-state index in [0.29, 0.717) is 6.04 Å². The van der Waals surface area contributed by atoms with Crippen LogP contribution in [-0.2, 0) is 0 Å². The van der Waals surface area contributed by atoms with Crippen molar-refractivity contribution in [2.24, 2.45) is 0 Å². The van der Waals surface area contributed by atoms with Crippen molar-refractivity contribution in [3.8, 4) is 0 Å². The third-order valence-corrected chi connectivity index (χ3v) is 3.40. The lowest BCUT2D eigenvalue weighted by molar-refractivity contribution is 0.623. The van der Waals surface area contributed by atoms with Gasteiger partial charge in [0, 0.05) is 23.0 Å². The largest absolute Gasteiger partial charge is 0.306 e. The lowest BCUT2D eigenvalue weighted by Gasteiger charge is -2.10. The molecule has 2 nitrogen and oxygen atoms in total. The van der Waals surface area contributed by atoms with Crippen LogP contribution in [0.25, 0.3) is 0 Å². The minimum absolute atomic E-state index is 0.342. The molecule has 0 radical (unpaired) electrons. The molecule has 0 amide bonds. The van der Waals surface area contributed by atoms with Crippen LogP contribution in [0.15, 0.2) is 11.6 Å². The van der Waals surface area contributed by atoms with Crippen molar-refractivity contribution in [2.45, 2.75) is 26.8 Å². The Labute approximate surface area is 94.0 Å². The maximum Gasteiger partial charge on any atom is 0.0900 e. The van der Waals surface area contributed by atoms with Gasteiger partial charge in [-0.1, -0.05) is 17.7 Å². The van der Waals surface area contributed by atoms with Crippen LogP contribution in [0.4, 0.5) is 0 Å². The molecule has 1 N–H and O–H groups in total. The van der Waals surface area contributed by atoms with Gasteiger partial charge in [0.25, 0.3) is 0 Å². The first-order valence-corrected chi connectivity index (χ1v) is 5.83. The van der Waals surface area contributed by atoms with Crippen LogP contribution in [0.5, 0.6) is 0 Å². The molecule has 1 aromatic rings.